The molecule has 0 amide bonds. The SMILES string of the molecule is c1ccc(-c2nc(-c3ccccc3)nc(-c3cccc(-c4cn(-c5ccccc5)c5ccc6ccccc6c45)c3)n2)cc1. The minimum absolute atomic E-state index is 0.645. The van der Waals surface area contributed by atoms with Crippen molar-refractivity contribution in [3.63, 3.8) is 0 Å². The molecule has 0 fully saturated rings. The zero-order valence-electron chi connectivity index (χ0n) is 23.3. The van der Waals surface area contributed by atoms with Crippen LogP contribution >= 0.6 is 0 Å². The van der Waals surface area contributed by atoms with Crippen molar-refractivity contribution in [2.24, 2.45) is 0 Å². The van der Waals surface area contributed by atoms with Crippen molar-refractivity contribution >= 4 is 21.7 Å². The summed E-state index contributed by atoms with van der Waals surface area (Å²) >= 11 is 0. The summed E-state index contributed by atoms with van der Waals surface area (Å²) in [5.41, 5.74) is 7.42. The predicted molar refractivity (Wildman–Crippen MR) is 176 cm³/mol. The van der Waals surface area contributed by atoms with Crippen molar-refractivity contribution in [3.05, 3.63) is 158 Å². The summed E-state index contributed by atoms with van der Waals surface area (Å²) in [4.78, 5) is 14.8. The molecule has 0 aliphatic carbocycles. The van der Waals surface area contributed by atoms with Gasteiger partial charge in [-0.05, 0) is 40.6 Å². The number of benzene rings is 6. The molecule has 0 radical (unpaired) electrons. The Kier molecular flexibility index (Phi) is 6.08. The number of rotatable bonds is 5. The average molecular weight is 551 g/mol. The monoisotopic (exact) mass is 550 g/mol. The second kappa shape index (κ2) is 10.5. The lowest BCUT2D eigenvalue weighted by Gasteiger charge is -2.10. The van der Waals surface area contributed by atoms with Gasteiger partial charge in [0.25, 0.3) is 0 Å². The Balaban J connectivity index is 1.34. The van der Waals surface area contributed by atoms with Crippen LogP contribution in [-0.2, 0) is 0 Å². The Morgan fingerprint density at radius 3 is 1.63 bits per heavy atom. The van der Waals surface area contributed by atoms with Gasteiger partial charge in [0, 0.05) is 39.5 Å². The van der Waals surface area contributed by atoms with Crippen molar-refractivity contribution in [2.45, 2.75) is 0 Å². The number of para-hydroxylation sites is 1. The lowest BCUT2D eigenvalue weighted by molar-refractivity contribution is 1.07. The lowest BCUT2D eigenvalue weighted by atomic mass is 9.98. The molecule has 0 unspecified atom stereocenters. The van der Waals surface area contributed by atoms with E-state index in [-0.39, 0.29) is 0 Å². The second-order valence-electron chi connectivity index (χ2n) is 10.5. The Morgan fingerprint density at radius 1 is 0.419 bits per heavy atom. The van der Waals surface area contributed by atoms with Crippen LogP contribution in [0.25, 0.3) is 72.7 Å². The molecule has 43 heavy (non-hydrogen) atoms. The quantitative estimate of drug-likeness (QED) is 0.214. The van der Waals surface area contributed by atoms with Crippen molar-refractivity contribution in [1.29, 1.82) is 0 Å². The molecule has 2 heterocycles. The third-order valence-corrected chi connectivity index (χ3v) is 7.86. The first-order valence-electron chi connectivity index (χ1n) is 14.4. The van der Waals surface area contributed by atoms with Crippen LogP contribution in [0.3, 0.4) is 0 Å². The lowest BCUT2D eigenvalue weighted by Crippen LogP contribution is -2.00. The molecule has 0 spiro atoms. The first kappa shape index (κ1) is 24.9. The van der Waals surface area contributed by atoms with Crippen LogP contribution in [0.5, 0.6) is 0 Å². The van der Waals surface area contributed by atoms with Crippen molar-refractivity contribution in [3.8, 4) is 51.0 Å². The molecule has 0 aliphatic heterocycles. The van der Waals surface area contributed by atoms with Gasteiger partial charge in [0.1, 0.15) is 0 Å². The zero-order valence-corrected chi connectivity index (χ0v) is 23.3. The van der Waals surface area contributed by atoms with Crippen LogP contribution in [0.1, 0.15) is 0 Å². The fraction of sp³-hybridized carbons (Fsp3) is 0. The third kappa shape index (κ3) is 4.55. The fourth-order valence-corrected chi connectivity index (χ4v) is 5.79. The maximum absolute atomic E-state index is 4.97. The van der Waals surface area contributed by atoms with Crippen molar-refractivity contribution in [2.75, 3.05) is 0 Å². The molecule has 2 aromatic heterocycles. The standard InChI is InChI=1S/C39H26N4/c1-4-14-28(15-5-1)37-40-38(29-16-6-2-7-17-29)42-39(41-37)31-19-12-18-30(25-31)34-26-43(32-20-8-3-9-21-32)35-24-23-27-13-10-11-22-33(27)36(34)35/h1-26H. The summed E-state index contributed by atoms with van der Waals surface area (Å²) in [7, 11) is 0. The van der Waals surface area contributed by atoms with E-state index in [0.29, 0.717) is 17.5 Å². The van der Waals surface area contributed by atoms with Gasteiger partial charge in [-0.1, -0.05) is 127 Å². The van der Waals surface area contributed by atoms with Gasteiger partial charge in [-0.3, -0.25) is 0 Å². The summed E-state index contributed by atoms with van der Waals surface area (Å²) in [6, 6.07) is 52.3. The molecule has 8 rings (SSSR count). The summed E-state index contributed by atoms with van der Waals surface area (Å²) < 4.78 is 2.29. The van der Waals surface area contributed by atoms with Gasteiger partial charge in [-0.2, -0.15) is 0 Å². The molecule has 4 heteroatoms. The third-order valence-electron chi connectivity index (χ3n) is 7.86. The number of aromatic nitrogens is 4. The molecule has 4 nitrogen and oxygen atoms in total. The van der Waals surface area contributed by atoms with E-state index in [0.717, 1.165) is 33.5 Å². The first-order chi connectivity index (χ1) is 21.3. The van der Waals surface area contributed by atoms with Gasteiger partial charge in [0.05, 0.1) is 5.52 Å². The van der Waals surface area contributed by atoms with Crippen LogP contribution in [0.15, 0.2) is 158 Å². The van der Waals surface area contributed by atoms with E-state index in [1.807, 2.05) is 60.7 Å². The number of hydrogen-bond acceptors (Lipinski definition) is 3. The van der Waals surface area contributed by atoms with E-state index >= 15 is 0 Å². The predicted octanol–water partition coefficient (Wildman–Crippen LogP) is 9.64. The second-order valence-corrected chi connectivity index (χ2v) is 10.5. The molecule has 0 bridgehead atoms. The molecule has 0 saturated heterocycles. The normalized spacial score (nSPS) is 11.3. The van der Waals surface area contributed by atoms with Gasteiger partial charge < -0.3 is 4.57 Å². The Labute approximate surface area is 249 Å². The van der Waals surface area contributed by atoms with Gasteiger partial charge in [0.2, 0.25) is 0 Å². The number of nitrogens with zero attached hydrogens (tertiary/aromatic N) is 4. The Morgan fingerprint density at radius 2 is 0.953 bits per heavy atom. The van der Waals surface area contributed by atoms with Gasteiger partial charge in [-0.25, -0.2) is 15.0 Å². The van der Waals surface area contributed by atoms with E-state index in [1.54, 1.807) is 0 Å². The fourth-order valence-electron chi connectivity index (χ4n) is 5.79. The smallest absolute Gasteiger partial charge is 0.164 e. The molecule has 8 aromatic rings. The molecule has 0 aliphatic rings. The molecule has 0 saturated carbocycles. The highest BCUT2D eigenvalue weighted by atomic mass is 15.0. The number of hydrogen-bond donors (Lipinski definition) is 0. The summed E-state index contributed by atoms with van der Waals surface area (Å²) in [6.45, 7) is 0. The van der Waals surface area contributed by atoms with Crippen LogP contribution in [0.2, 0.25) is 0 Å². The molecular weight excluding hydrogens is 524 g/mol. The topological polar surface area (TPSA) is 43.6 Å². The van der Waals surface area contributed by atoms with E-state index in [1.165, 1.54) is 21.7 Å². The van der Waals surface area contributed by atoms with Crippen LogP contribution < -0.4 is 0 Å². The van der Waals surface area contributed by atoms with E-state index in [2.05, 4.69) is 102 Å². The largest absolute Gasteiger partial charge is 0.316 e. The molecule has 202 valence electrons. The minimum atomic E-state index is 0.645. The van der Waals surface area contributed by atoms with Gasteiger partial charge >= 0.3 is 0 Å². The zero-order chi connectivity index (χ0) is 28.6. The molecule has 0 N–H and O–H groups in total. The van der Waals surface area contributed by atoms with Gasteiger partial charge in [0.15, 0.2) is 17.5 Å². The first-order valence-corrected chi connectivity index (χ1v) is 14.4. The molecular formula is C39H26N4. The highest BCUT2D eigenvalue weighted by molar-refractivity contribution is 6.14. The van der Waals surface area contributed by atoms with E-state index in [4.69, 9.17) is 15.0 Å². The van der Waals surface area contributed by atoms with Gasteiger partial charge in [-0.15, -0.1) is 0 Å². The summed E-state index contributed by atoms with van der Waals surface area (Å²) in [5.74, 6) is 1.95. The molecule has 6 aromatic carbocycles. The van der Waals surface area contributed by atoms with Crippen LogP contribution in [0, 0.1) is 0 Å². The van der Waals surface area contributed by atoms with E-state index in [9.17, 15) is 0 Å². The van der Waals surface area contributed by atoms with Crippen molar-refractivity contribution in [1.82, 2.24) is 19.5 Å². The number of fused-ring (bicyclic) bond motifs is 3. The van der Waals surface area contributed by atoms with Crippen molar-refractivity contribution < 1.29 is 0 Å². The Hall–Kier alpha value is -5.87. The highest BCUT2D eigenvalue weighted by Gasteiger charge is 2.17. The molecule has 0 atom stereocenters. The maximum Gasteiger partial charge on any atom is 0.164 e. The maximum atomic E-state index is 4.97. The van der Waals surface area contributed by atoms with Crippen LogP contribution in [0.4, 0.5) is 0 Å². The average Bonchev–Trinajstić information content (AvgIpc) is 3.50. The summed E-state index contributed by atoms with van der Waals surface area (Å²) in [6.07, 6.45) is 2.25. The van der Waals surface area contributed by atoms with Crippen LogP contribution in [-0.4, -0.2) is 19.5 Å². The Bertz CT molecular complexity index is 2160. The highest BCUT2D eigenvalue weighted by Crippen LogP contribution is 2.38. The minimum Gasteiger partial charge on any atom is -0.316 e. The summed E-state index contributed by atoms with van der Waals surface area (Å²) in [5, 5.41) is 3.67. The van der Waals surface area contributed by atoms with E-state index < -0.39 is 0 Å².